The normalized spacial score (nSPS) is 10.9. The monoisotopic (exact) mass is 261 g/mol. The molecule has 0 aliphatic heterocycles. The molecule has 0 radical (unpaired) electrons. The topological polar surface area (TPSA) is 40.9 Å². The highest BCUT2D eigenvalue weighted by atomic mass is 32.2. The lowest BCUT2D eigenvalue weighted by atomic mass is 9.80. The van der Waals surface area contributed by atoms with Crippen LogP contribution in [0.2, 0.25) is 0 Å². The molecule has 1 aromatic rings. The molecule has 1 aromatic carbocycles. The van der Waals surface area contributed by atoms with Gasteiger partial charge in [-0.2, -0.15) is 5.26 Å². The van der Waals surface area contributed by atoms with Crippen LogP contribution in [0.15, 0.2) is 35.2 Å². The van der Waals surface area contributed by atoms with Crippen molar-refractivity contribution < 1.29 is 4.79 Å². The minimum absolute atomic E-state index is 0.141. The second-order valence-electron chi connectivity index (χ2n) is 4.39. The Morgan fingerprint density at radius 2 is 1.89 bits per heavy atom. The van der Waals surface area contributed by atoms with Gasteiger partial charge in [-0.25, -0.2) is 0 Å². The molecule has 18 heavy (non-hydrogen) atoms. The number of hydrogen-bond acceptors (Lipinski definition) is 3. The van der Waals surface area contributed by atoms with Gasteiger partial charge in [-0.05, 0) is 31.4 Å². The number of benzene rings is 1. The van der Waals surface area contributed by atoms with Gasteiger partial charge in [0.2, 0.25) is 0 Å². The molecule has 0 unspecified atom stereocenters. The van der Waals surface area contributed by atoms with Crippen LogP contribution in [-0.2, 0) is 4.79 Å². The van der Waals surface area contributed by atoms with Gasteiger partial charge in [0.05, 0.1) is 11.5 Å². The quantitative estimate of drug-likeness (QED) is 0.712. The van der Waals surface area contributed by atoms with E-state index in [2.05, 4.69) is 6.07 Å². The summed E-state index contributed by atoms with van der Waals surface area (Å²) in [5, 5.41) is 9.35. The SMILES string of the molecule is CCC(C#N)(CC)CCC(=O)Sc1ccccc1. The summed E-state index contributed by atoms with van der Waals surface area (Å²) in [6.07, 6.45) is 2.75. The summed E-state index contributed by atoms with van der Waals surface area (Å²) in [6, 6.07) is 12.0. The molecule has 0 atom stereocenters. The van der Waals surface area contributed by atoms with E-state index in [1.54, 1.807) is 0 Å². The van der Waals surface area contributed by atoms with Crippen molar-refractivity contribution in [3.63, 3.8) is 0 Å². The highest BCUT2D eigenvalue weighted by Crippen LogP contribution is 2.32. The van der Waals surface area contributed by atoms with Gasteiger partial charge in [-0.1, -0.05) is 43.8 Å². The molecular weight excluding hydrogens is 242 g/mol. The smallest absolute Gasteiger partial charge is 0.193 e. The zero-order chi connectivity index (χ0) is 13.4. The predicted octanol–water partition coefficient (Wildman–Crippen LogP) is 4.42. The number of nitrogens with zero attached hydrogens (tertiary/aromatic N) is 1. The minimum atomic E-state index is -0.326. The van der Waals surface area contributed by atoms with Crippen molar-refractivity contribution in [1.82, 2.24) is 0 Å². The summed E-state index contributed by atoms with van der Waals surface area (Å²) in [6.45, 7) is 4.03. The number of carbonyl (C=O) groups is 1. The number of nitriles is 1. The summed E-state index contributed by atoms with van der Waals surface area (Å²) < 4.78 is 0. The van der Waals surface area contributed by atoms with Crippen molar-refractivity contribution in [1.29, 1.82) is 5.26 Å². The summed E-state index contributed by atoms with van der Waals surface area (Å²) in [7, 11) is 0. The lowest BCUT2D eigenvalue weighted by Crippen LogP contribution is -2.17. The lowest BCUT2D eigenvalue weighted by Gasteiger charge is -2.22. The number of hydrogen-bond donors (Lipinski definition) is 0. The van der Waals surface area contributed by atoms with Crippen molar-refractivity contribution in [3.8, 4) is 6.07 Å². The molecule has 0 aromatic heterocycles. The summed E-state index contributed by atoms with van der Waals surface area (Å²) >= 11 is 1.27. The first-order valence-corrected chi connectivity index (χ1v) is 7.14. The van der Waals surface area contributed by atoms with Crippen LogP contribution < -0.4 is 0 Å². The van der Waals surface area contributed by atoms with Crippen LogP contribution in [0.4, 0.5) is 0 Å². The molecule has 1 rings (SSSR count). The fourth-order valence-corrected chi connectivity index (χ4v) is 2.59. The van der Waals surface area contributed by atoms with Gasteiger partial charge in [-0.15, -0.1) is 0 Å². The van der Waals surface area contributed by atoms with Crippen molar-refractivity contribution in [2.45, 2.75) is 44.4 Å². The van der Waals surface area contributed by atoms with E-state index in [9.17, 15) is 10.1 Å². The first-order chi connectivity index (χ1) is 8.65. The van der Waals surface area contributed by atoms with E-state index in [0.29, 0.717) is 12.8 Å². The van der Waals surface area contributed by atoms with Gasteiger partial charge < -0.3 is 0 Å². The molecule has 0 saturated carbocycles. The summed E-state index contributed by atoms with van der Waals surface area (Å²) in [5.74, 6) is 0. The molecule has 0 aliphatic rings. The summed E-state index contributed by atoms with van der Waals surface area (Å²) in [5.41, 5.74) is -0.326. The molecule has 0 N–H and O–H groups in total. The zero-order valence-electron chi connectivity index (χ0n) is 11.0. The fourth-order valence-electron chi connectivity index (χ4n) is 1.83. The average molecular weight is 261 g/mol. The highest BCUT2D eigenvalue weighted by Gasteiger charge is 2.26. The van der Waals surface area contributed by atoms with E-state index < -0.39 is 0 Å². The summed E-state index contributed by atoms with van der Waals surface area (Å²) in [4.78, 5) is 12.8. The molecule has 0 spiro atoms. The Morgan fingerprint density at radius 3 is 2.39 bits per heavy atom. The average Bonchev–Trinajstić information content (AvgIpc) is 2.42. The van der Waals surface area contributed by atoms with E-state index in [0.717, 1.165) is 17.7 Å². The Kier molecular flexibility index (Phi) is 5.94. The second-order valence-corrected chi connectivity index (χ2v) is 5.52. The van der Waals surface area contributed by atoms with E-state index in [4.69, 9.17) is 0 Å². The fraction of sp³-hybridized carbons (Fsp3) is 0.467. The van der Waals surface area contributed by atoms with Crippen LogP contribution in [0.5, 0.6) is 0 Å². The maximum atomic E-state index is 11.9. The minimum Gasteiger partial charge on any atom is -0.287 e. The molecule has 0 saturated heterocycles. The second kappa shape index (κ2) is 7.23. The maximum Gasteiger partial charge on any atom is 0.193 e. The van der Waals surface area contributed by atoms with Gasteiger partial charge in [0.25, 0.3) is 0 Å². The lowest BCUT2D eigenvalue weighted by molar-refractivity contribution is -0.111. The van der Waals surface area contributed by atoms with Crippen molar-refractivity contribution in [3.05, 3.63) is 30.3 Å². The molecule has 0 fully saturated rings. The van der Waals surface area contributed by atoms with Crippen LogP contribution in [-0.4, -0.2) is 5.12 Å². The Hall–Kier alpha value is -1.27. The van der Waals surface area contributed by atoms with Crippen molar-refractivity contribution in [2.24, 2.45) is 5.41 Å². The van der Waals surface area contributed by atoms with Crippen LogP contribution >= 0.6 is 11.8 Å². The number of thioether (sulfide) groups is 1. The highest BCUT2D eigenvalue weighted by molar-refractivity contribution is 8.13. The van der Waals surface area contributed by atoms with Crippen LogP contribution in [0.25, 0.3) is 0 Å². The molecular formula is C15H19NOS. The Labute approximate surface area is 113 Å². The molecule has 2 nitrogen and oxygen atoms in total. The van der Waals surface area contributed by atoms with Crippen molar-refractivity contribution >= 4 is 16.9 Å². The molecule has 96 valence electrons. The molecule has 0 amide bonds. The molecule has 0 heterocycles. The molecule has 3 heteroatoms. The Balaban J connectivity index is 2.49. The standard InChI is InChI=1S/C15H19NOS/c1-3-15(4-2,12-16)11-10-14(17)18-13-8-6-5-7-9-13/h5-9H,3-4,10-11H2,1-2H3. The van der Waals surface area contributed by atoms with Crippen molar-refractivity contribution in [2.75, 3.05) is 0 Å². The first kappa shape index (κ1) is 14.8. The van der Waals surface area contributed by atoms with E-state index >= 15 is 0 Å². The van der Waals surface area contributed by atoms with Gasteiger partial charge >= 0.3 is 0 Å². The number of carbonyl (C=O) groups excluding carboxylic acids is 1. The molecule has 0 aliphatic carbocycles. The van der Waals surface area contributed by atoms with Crippen LogP contribution in [0.3, 0.4) is 0 Å². The van der Waals surface area contributed by atoms with Crippen LogP contribution in [0.1, 0.15) is 39.5 Å². The van der Waals surface area contributed by atoms with Gasteiger partial charge in [0, 0.05) is 11.3 Å². The maximum absolute atomic E-state index is 11.9. The number of rotatable bonds is 6. The third-order valence-electron chi connectivity index (χ3n) is 3.37. The third kappa shape index (κ3) is 4.19. The predicted molar refractivity (Wildman–Crippen MR) is 75.2 cm³/mol. The van der Waals surface area contributed by atoms with E-state index in [1.165, 1.54) is 11.8 Å². The van der Waals surface area contributed by atoms with E-state index in [1.807, 2.05) is 44.2 Å². The van der Waals surface area contributed by atoms with Gasteiger partial charge in [0.1, 0.15) is 0 Å². The zero-order valence-corrected chi connectivity index (χ0v) is 11.8. The largest absolute Gasteiger partial charge is 0.287 e. The first-order valence-electron chi connectivity index (χ1n) is 6.33. The van der Waals surface area contributed by atoms with Gasteiger partial charge in [0.15, 0.2) is 5.12 Å². The van der Waals surface area contributed by atoms with Gasteiger partial charge in [-0.3, -0.25) is 4.79 Å². The Bertz CT molecular complexity index is 418. The van der Waals surface area contributed by atoms with E-state index in [-0.39, 0.29) is 10.5 Å². The van der Waals surface area contributed by atoms with Crippen LogP contribution in [0, 0.1) is 16.7 Å². The third-order valence-corrected chi connectivity index (χ3v) is 4.31. The molecule has 0 bridgehead atoms. The Morgan fingerprint density at radius 1 is 1.28 bits per heavy atom.